The fourth-order valence-corrected chi connectivity index (χ4v) is 2.29. The molecular weight excluding hydrogens is 341 g/mol. The van der Waals surface area contributed by atoms with Crippen LogP contribution in [0.1, 0.15) is 26.3 Å². The quantitative estimate of drug-likeness (QED) is 0.882. The molecule has 0 atom stereocenters. The van der Waals surface area contributed by atoms with Crippen molar-refractivity contribution in [1.29, 1.82) is 0 Å². The Morgan fingerprint density at radius 3 is 2.57 bits per heavy atom. The summed E-state index contributed by atoms with van der Waals surface area (Å²) < 4.78 is 13.7. The van der Waals surface area contributed by atoms with Gasteiger partial charge >= 0.3 is 5.97 Å². The molecule has 0 fully saturated rings. The second-order valence-corrected chi connectivity index (χ2v) is 5.22. The lowest BCUT2D eigenvalue weighted by atomic mass is 10.1. The van der Waals surface area contributed by atoms with E-state index in [2.05, 4.69) is 21.2 Å². The predicted octanol–water partition coefficient (Wildman–Crippen LogP) is 3.85. The summed E-state index contributed by atoms with van der Waals surface area (Å²) in [6, 6.07) is 8.35. The van der Waals surface area contributed by atoms with Crippen LogP contribution < -0.4 is 5.32 Å². The molecule has 0 spiro atoms. The molecule has 0 saturated heterocycles. The van der Waals surface area contributed by atoms with Crippen LogP contribution in [0.15, 0.2) is 40.9 Å². The smallest absolute Gasteiger partial charge is 0.336 e. The van der Waals surface area contributed by atoms with E-state index in [9.17, 15) is 14.0 Å². The molecule has 0 bridgehead atoms. The van der Waals surface area contributed by atoms with Gasteiger partial charge in [0.1, 0.15) is 5.82 Å². The molecule has 6 heteroatoms. The van der Waals surface area contributed by atoms with E-state index in [4.69, 9.17) is 5.11 Å². The van der Waals surface area contributed by atoms with E-state index >= 15 is 0 Å². The van der Waals surface area contributed by atoms with E-state index in [1.165, 1.54) is 24.3 Å². The Labute approximate surface area is 128 Å². The maximum atomic E-state index is 13.2. The Bertz CT molecular complexity index is 731. The average Bonchev–Trinajstić information content (AvgIpc) is 2.43. The van der Waals surface area contributed by atoms with Crippen LogP contribution in [0.3, 0.4) is 0 Å². The maximum Gasteiger partial charge on any atom is 0.336 e. The lowest BCUT2D eigenvalue weighted by Crippen LogP contribution is -2.15. The molecule has 0 radical (unpaired) electrons. The van der Waals surface area contributed by atoms with E-state index in [0.717, 1.165) is 6.07 Å². The molecule has 2 aromatic rings. The molecule has 2 rings (SSSR count). The third-order valence-corrected chi connectivity index (χ3v) is 3.68. The molecular formula is C15H11BrFNO3. The highest BCUT2D eigenvalue weighted by Gasteiger charge is 2.15. The number of benzene rings is 2. The number of aromatic carboxylic acids is 1. The van der Waals surface area contributed by atoms with Crippen molar-refractivity contribution in [3.05, 3.63) is 63.4 Å². The molecule has 0 aliphatic heterocycles. The first kappa shape index (κ1) is 15.2. The molecule has 21 heavy (non-hydrogen) atoms. The number of carboxylic acids is 1. The largest absolute Gasteiger partial charge is 0.478 e. The molecule has 0 saturated carbocycles. The minimum absolute atomic E-state index is 0.103. The van der Waals surface area contributed by atoms with Gasteiger partial charge in [-0.1, -0.05) is 6.07 Å². The van der Waals surface area contributed by atoms with Crippen molar-refractivity contribution in [2.24, 2.45) is 0 Å². The first-order valence-corrected chi connectivity index (χ1v) is 6.78. The second-order valence-electron chi connectivity index (χ2n) is 4.36. The Morgan fingerprint density at radius 2 is 1.90 bits per heavy atom. The minimum atomic E-state index is -1.07. The number of rotatable bonds is 3. The van der Waals surface area contributed by atoms with Crippen LogP contribution in [0.4, 0.5) is 10.1 Å². The van der Waals surface area contributed by atoms with Crippen molar-refractivity contribution in [3.8, 4) is 0 Å². The van der Waals surface area contributed by atoms with Crippen molar-refractivity contribution >= 4 is 33.5 Å². The number of halogens is 2. The predicted molar refractivity (Wildman–Crippen MR) is 80.2 cm³/mol. The standard InChI is InChI=1S/C15H11BrFNO3/c1-8-10(15(20)21)3-2-4-13(8)18-14(19)11-7-9(17)5-6-12(11)16/h2-7H,1H3,(H,18,19)(H,20,21). The Balaban J connectivity index is 2.34. The van der Waals surface area contributed by atoms with E-state index in [0.29, 0.717) is 15.7 Å². The zero-order valence-electron chi connectivity index (χ0n) is 11.0. The van der Waals surface area contributed by atoms with Crippen LogP contribution in [0.5, 0.6) is 0 Å². The molecule has 0 aromatic heterocycles. The molecule has 0 unspecified atom stereocenters. The lowest BCUT2D eigenvalue weighted by Gasteiger charge is -2.11. The van der Waals surface area contributed by atoms with Gasteiger partial charge in [-0.2, -0.15) is 0 Å². The number of hydrogen-bond acceptors (Lipinski definition) is 2. The molecule has 108 valence electrons. The summed E-state index contributed by atoms with van der Waals surface area (Å²) in [6.07, 6.45) is 0. The van der Waals surface area contributed by atoms with Crippen LogP contribution in [0, 0.1) is 12.7 Å². The number of hydrogen-bond donors (Lipinski definition) is 2. The Kier molecular flexibility index (Phi) is 4.37. The fraction of sp³-hybridized carbons (Fsp3) is 0.0667. The third kappa shape index (κ3) is 3.28. The van der Waals surface area contributed by atoms with E-state index < -0.39 is 17.7 Å². The Morgan fingerprint density at radius 1 is 1.19 bits per heavy atom. The molecule has 0 aliphatic rings. The van der Waals surface area contributed by atoms with Gasteiger partial charge in [0, 0.05) is 10.2 Å². The van der Waals surface area contributed by atoms with Gasteiger partial charge < -0.3 is 10.4 Å². The zero-order valence-corrected chi connectivity index (χ0v) is 12.6. The number of amides is 1. The molecule has 0 aliphatic carbocycles. The monoisotopic (exact) mass is 351 g/mol. The summed E-state index contributed by atoms with van der Waals surface area (Å²) in [6.45, 7) is 1.60. The van der Waals surface area contributed by atoms with Gasteiger partial charge in [0.05, 0.1) is 11.1 Å². The van der Waals surface area contributed by atoms with Crippen LogP contribution >= 0.6 is 15.9 Å². The number of carbonyl (C=O) groups excluding carboxylic acids is 1. The lowest BCUT2D eigenvalue weighted by molar-refractivity contribution is 0.0695. The Hall–Kier alpha value is -2.21. The topological polar surface area (TPSA) is 66.4 Å². The van der Waals surface area contributed by atoms with Gasteiger partial charge in [-0.3, -0.25) is 4.79 Å². The number of carboxylic acid groups (broad SMARTS) is 1. The first-order chi connectivity index (χ1) is 9.90. The number of carbonyl (C=O) groups is 2. The summed E-state index contributed by atoms with van der Waals surface area (Å²) in [5, 5.41) is 11.6. The van der Waals surface area contributed by atoms with E-state index in [1.54, 1.807) is 13.0 Å². The van der Waals surface area contributed by atoms with Crippen molar-refractivity contribution < 1.29 is 19.1 Å². The van der Waals surface area contributed by atoms with Gasteiger partial charge in [0.15, 0.2) is 0 Å². The van der Waals surface area contributed by atoms with Gasteiger partial charge in [-0.15, -0.1) is 0 Å². The van der Waals surface area contributed by atoms with Gasteiger partial charge in [0.25, 0.3) is 5.91 Å². The zero-order chi connectivity index (χ0) is 15.6. The fourth-order valence-electron chi connectivity index (χ4n) is 1.86. The normalized spacial score (nSPS) is 10.2. The molecule has 2 N–H and O–H groups in total. The summed E-state index contributed by atoms with van der Waals surface area (Å²) in [5.41, 5.74) is 1.04. The summed E-state index contributed by atoms with van der Waals surface area (Å²) in [5.74, 6) is -2.12. The molecule has 0 heterocycles. The second kappa shape index (κ2) is 6.05. The first-order valence-electron chi connectivity index (χ1n) is 5.99. The summed E-state index contributed by atoms with van der Waals surface area (Å²) in [4.78, 5) is 23.2. The van der Waals surface area contributed by atoms with Crippen molar-refractivity contribution in [2.75, 3.05) is 5.32 Å². The highest BCUT2D eigenvalue weighted by Crippen LogP contribution is 2.22. The van der Waals surface area contributed by atoms with E-state index in [-0.39, 0.29) is 11.1 Å². The van der Waals surface area contributed by atoms with Crippen molar-refractivity contribution in [1.82, 2.24) is 0 Å². The number of nitrogens with one attached hydrogen (secondary N) is 1. The molecule has 2 aromatic carbocycles. The SMILES string of the molecule is Cc1c(NC(=O)c2cc(F)ccc2Br)cccc1C(=O)O. The van der Waals surface area contributed by atoms with Crippen LogP contribution in [0.25, 0.3) is 0 Å². The maximum absolute atomic E-state index is 13.2. The van der Waals surface area contributed by atoms with Crippen molar-refractivity contribution in [3.63, 3.8) is 0 Å². The number of anilines is 1. The minimum Gasteiger partial charge on any atom is -0.478 e. The van der Waals surface area contributed by atoms with Crippen LogP contribution in [-0.2, 0) is 0 Å². The highest BCUT2D eigenvalue weighted by molar-refractivity contribution is 9.10. The van der Waals surface area contributed by atoms with Gasteiger partial charge in [0.2, 0.25) is 0 Å². The van der Waals surface area contributed by atoms with Gasteiger partial charge in [-0.05, 0) is 58.7 Å². The van der Waals surface area contributed by atoms with Crippen LogP contribution in [0.2, 0.25) is 0 Å². The highest BCUT2D eigenvalue weighted by atomic mass is 79.9. The average molecular weight is 352 g/mol. The molecule has 4 nitrogen and oxygen atoms in total. The summed E-state index contributed by atoms with van der Waals surface area (Å²) >= 11 is 3.18. The van der Waals surface area contributed by atoms with Gasteiger partial charge in [-0.25, -0.2) is 9.18 Å². The van der Waals surface area contributed by atoms with Crippen molar-refractivity contribution in [2.45, 2.75) is 6.92 Å². The molecule has 1 amide bonds. The summed E-state index contributed by atoms with van der Waals surface area (Å²) in [7, 11) is 0. The third-order valence-electron chi connectivity index (χ3n) is 2.99. The van der Waals surface area contributed by atoms with E-state index in [1.807, 2.05) is 0 Å². The van der Waals surface area contributed by atoms with Crippen LogP contribution in [-0.4, -0.2) is 17.0 Å².